The van der Waals surface area contributed by atoms with E-state index >= 15 is 0 Å². The van der Waals surface area contributed by atoms with Gasteiger partial charge in [0.15, 0.2) is 0 Å². The molecule has 0 aliphatic rings. The molecule has 0 aliphatic heterocycles. The van der Waals surface area contributed by atoms with Crippen LogP contribution < -0.4 is 0 Å². The summed E-state index contributed by atoms with van der Waals surface area (Å²) in [6.07, 6.45) is 3.15. The van der Waals surface area contributed by atoms with Crippen molar-refractivity contribution in [2.24, 2.45) is 0 Å². The zero-order valence-corrected chi connectivity index (χ0v) is 4.86. The van der Waals surface area contributed by atoms with Gasteiger partial charge < -0.3 is 0 Å². The van der Waals surface area contributed by atoms with Crippen molar-refractivity contribution in [2.45, 2.75) is 0 Å². The van der Waals surface area contributed by atoms with Crippen LogP contribution in [0.3, 0.4) is 0 Å². The fraction of sp³-hybridized carbons (Fsp3) is 0. The van der Waals surface area contributed by atoms with Gasteiger partial charge in [-0.25, -0.2) is 0 Å². The van der Waals surface area contributed by atoms with Gasteiger partial charge in [0.25, 0.3) is 0 Å². The molecule has 0 unspecified atom stereocenters. The van der Waals surface area contributed by atoms with Crippen molar-refractivity contribution in [1.29, 1.82) is 0 Å². The van der Waals surface area contributed by atoms with E-state index in [1.807, 2.05) is 0 Å². The molecule has 0 N–H and O–H groups in total. The summed E-state index contributed by atoms with van der Waals surface area (Å²) in [6, 6.07) is 1.72. The molecule has 0 saturated heterocycles. The van der Waals surface area contributed by atoms with E-state index in [0.29, 0.717) is 0 Å². The first-order chi connectivity index (χ1) is 3.00. The molecule has 1 radical (unpaired) electrons. The maximum Gasteiger partial charge on any atom is 0.0529 e. The van der Waals surface area contributed by atoms with Crippen LogP contribution in [0.2, 0.25) is 0 Å². The van der Waals surface area contributed by atoms with Crippen molar-refractivity contribution in [3.63, 3.8) is 0 Å². The van der Waals surface area contributed by atoms with Crippen molar-refractivity contribution >= 4 is 0 Å². The van der Waals surface area contributed by atoms with Crippen molar-refractivity contribution in [2.75, 3.05) is 0 Å². The molecule has 0 spiro atoms. The first-order valence-corrected chi connectivity index (χ1v) is 1.58. The molecular weight excluding hydrogens is 186 g/mol. The van der Waals surface area contributed by atoms with Gasteiger partial charge in [0, 0.05) is 22.4 Å². The van der Waals surface area contributed by atoms with E-state index in [9.17, 15) is 0 Å². The third kappa shape index (κ3) is 2.45. The van der Waals surface area contributed by atoms with Crippen molar-refractivity contribution in [3.05, 3.63) is 18.5 Å². The molecule has 0 saturated carbocycles. The quantitative estimate of drug-likeness (QED) is 0.533. The van der Waals surface area contributed by atoms with Crippen LogP contribution >= 0.6 is 0 Å². The van der Waals surface area contributed by atoms with Crippen LogP contribution in [-0.4, -0.2) is 15.4 Å². The Hall–Kier alpha value is -0.250. The summed E-state index contributed by atoms with van der Waals surface area (Å²) in [5.41, 5.74) is 0. The van der Waals surface area contributed by atoms with Gasteiger partial charge in [-0.05, 0) is 11.3 Å². The molecule has 1 aromatic rings. The minimum Gasteiger partial charge on any atom is -0.139 e. The summed E-state index contributed by atoms with van der Waals surface area (Å²) < 4.78 is 0. The molecular formula is C3H3AgN3. The molecule has 0 atom stereocenters. The Kier molecular flexibility index (Phi) is 3.78. The second-order valence-corrected chi connectivity index (χ2v) is 0.811. The van der Waals surface area contributed by atoms with Gasteiger partial charge in [0.2, 0.25) is 0 Å². The predicted molar refractivity (Wildman–Crippen MR) is 19.8 cm³/mol. The Morgan fingerprint density at radius 2 is 1.57 bits per heavy atom. The average Bonchev–Trinajstić information content (AvgIpc) is 1.72. The third-order valence-corrected chi connectivity index (χ3v) is 0.409. The van der Waals surface area contributed by atoms with Crippen molar-refractivity contribution < 1.29 is 22.4 Å². The van der Waals surface area contributed by atoms with Crippen LogP contribution in [0, 0.1) is 0 Å². The van der Waals surface area contributed by atoms with E-state index in [1.54, 1.807) is 18.5 Å². The van der Waals surface area contributed by atoms with Crippen LogP contribution in [0.5, 0.6) is 0 Å². The van der Waals surface area contributed by atoms with Crippen LogP contribution in [0.4, 0.5) is 0 Å². The molecule has 0 bridgehead atoms. The minimum atomic E-state index is 0. The zero-order chi connectivity index (χ0) is 4.24. The topological polar surface area (TPSA) is 38.7 Å². The van der Waals surface area contributed by atoms with Crippen molar-refractivity contribution in [3.8, 4) is 0 Å². The fourth-order valence-corrected chi connectivity index (χ4v) is 0.205. The summed E-state index contributed by atoms with van der Waals surface area (Å²) in [5.74, 6) is 0. The second-order valence-electron chi connectivity index (χ2n) is 0.811. The van der Waals surface area contributed by atoms with Crippen molar-refractivity contribution in [1.82, 2.24) is 15.4 Å². The maximum absolute atomic E-state index is 3.42. The first kappa shape index (κ1) is 6.75. The van der Waals surface area contributed by atoms with Crippen LogP contribution in [0.25, 0.3) is 0 Å². The van der Waals surface area contributed by atoms with Gasteiger partial charge >= 0.3 is 0 Å². The average molecular weight is 189 g/mol. The third-order valence-electron chi connectivity index (χ3n) is 0.409. The number of hydrogen-bond donors (Lipinski definition) is 0. The van der Waals surface area contributed by atoms with Gasteiger partial charge in [-0.1, -0.05) is 0 Å². The first-order valence-electron chi connectivity index (χ1n) is 1.58. The van der Waals surface area contributed by atoms with E-state index in [0.717, 1.165) is 0 Å². The second kappa shape index (κ2) is 3.92. The molecule has 0 fully saturated rings. The normalized spacial score (nSPS) is 6.86. The monoisotopic (exact) mass is 188 g/mol. The van der Waals surface area contributed by atoms with Crippen LogP contribution in [-0.2, 0) is 22.4 Å². The van der Waals surface area contributed by atoms with Gasteiger partial charge in [-0.15, -0.1) is 10.2 Å². The molecule has 4 heteroatoms. The zero-order valence-electron chi connectivity index (χ0n) is 3.38. The molecule has 41 valence electrons. The largest absolute Gasteiger partial charge is 0.139 e. The smallest absolute Gasteiger partial charge is 0.0529 e. The van der Waals surface area contributed by atoms with Crippen LogP contribution in [0.1, 0.15) is 0 Å². The Labute approximate surface area is 56.7 Å². The summed E-state index contributed by atoms with van der Waals surface area (Å²) in [7, 11) is 0. The molecule has 1 rings (SSSR count). The summed E-state index contributed by atoms with van der Waals surface area (Å²) in [6.45, 7) is 0. The Morgan fingerprint density at radius 3 is 1.71 bits per heavy atom. The molecule has 3 nitrogen and oxygen atoms in total. The van der Waals surface area contributed by atoms with E-state index in [1.165, 1.54) is 0 Å². The minimum absolute atomic E-state index is 0. The Bertz CT molecular complexity index is 82.1. The predicted octanol–water partition coefficient (Wildman–Crippen LogP) is -0.131. The van der Waals surface area contributed by atoms with E-state index < -0.39 is 0 Å². The van der Waals surface area contributed by atoms with Gasteiger partial charge in [0.1, 0.15) is 0 Å². The van der Waals surface area contributed by atoms with E-state index in [-0.39, 0.29) is 22.4 Å². The molecule has 7 heavy (non-hydrogen) atoms. The molecule has 1 heterocycles. The fourth-order valence-electron chi connectivity index (χ4n) is 0.205. The summed E-state index contributed by atoms with van der Waals surface area (Å²) in [5, 5.41) is 10.1. The van der Waals surface area contributed by atoms with Crippen LogP contribution in [0.15, 0.2) is 18.5 Å². The SMILES string of the molecule is [Ag].c1cnnnc1. The summed E-state index contributed by atoms with van der Waals surface area (Å²) >= 11 is 0. The number of rotatable bonds is 0. The molecule has 0 aromatic carbocycles. The Morgan fingerprint density at radius 1 is 1.00 bits per heavy atom. The molecule has 1 aromatic heterocycles. The number of nitrogens with zero attached hydrogens (tertiary/aromatic N) is 3. The van der Waals surface area contributed by atoms with E-state index in [4.69, 9.17) is 0 Å². The number of hydrogen-bond acceptors (Lipinski definition) is 3. The number of aromatic nitrogens is 3. The van der Waals surface area contributed by atoms with E-state index in [2.05, 4.69) is 15.4 Å². The van der Waals surface area contributed by atoms with Gasteiger partial charge in [-0.3, -0.25) is 0 Å². The standard InChI is InChI=1S/C3H3N3.Ag/c1-2-4-6-5-3-1;/h1-3H;. The molecule has 0 aliphatic carbocycles. The maximum atomic E-state index is 3.42. The molecule has 0 amide bonds. The van der Waals surface area contributed by atoms with Gasteiger partial charge in [-0.2, -0.15) is 0 Å². The Balaban J connectivity index is 0.000000360. The summed E-state index contributed by atoms with van der Waals surface area (Å²) in [4.78, 5) is 0. The van der Waals surface area contributed by atoms with Gasteiger partial charge in [0.05, 0.1) is 12.4 Å².